The highest BCUT2D eigenvalue weighted by molar-refractivity contribution is 6.05. The number of likely N-dealkylation sites (tertiary alicyclic amines) is 1. The highest BCUT2D eigenvalue weighted by Gasteiger charge is 2.47. The third kappa shape index (κ3) is 4.37. The Morgan fingerprint density at radius 3 is 2.33 bits per heavy atom. The van der Waals surface area contributed by atoms with Crippen molar-refractivity contribution in [3.05, 3.63) is 23.4 Å². The van der Waals surface area contributed by atoms with E-state index in [2.05, 4.69) is 10.6 Å². The number of amides is 4. The maximum Gasteiger partial charge on any atom is 0.338 e. The maximum absolute atomic E-state index is 12.4. The number of carbonyl (C=O) groups is 5. The summed E-state index contributed by atoms with van der Waals surface area (Å²) in [5, 5.41) is 5.01. The lowest BCUT2D eigenvalue weighted by Crippen LogP contribution is -2.50. The van der Waals surface area contributed by atoms with E-state index in [-0.39, 0.29) is 61.1 Å². The molecule has 1 fully saturated rings. The van der Waals surface area contributed by atoms with Crippen LogP contribution in [0.15, 0.2) is 23.4 Å². The molecule has 4 amide bonds. The zero-order chi connectivity index (χ0) is 21.8. The van der Waals surface area contributed by atoms with Crippen molar-refractivity contribution in [3.63, 3.8) is 0 Å². The summed E-state index contributed by atoms with van der Waals surface area (Å²) < 4.78 is 10.2. The van der Waals surface area contributed by atoms with Crippen molar-refractivity contribution in [2.45, 2.75) is 39.2 Å². The number of imide groups is 1. The molecule has 0 radical (unpaired) electrons. The van der Waals surface area contributed by atoms with Crippen LogP contribution in [0.5, 0.6) is 0 Å². The lowest BCUT2D eigenvalue weighted by Gasteiger charge is -2.26. The first-order valence-corrected chi connectivity index (χ1v) is 9.97. The zero-order valence-corrected chi connectivity index (χ0v) is 16.9. The van der Waals surface area contributed by atoms with Crippen molar-refractivity contribution >= 4 is 29.8 Å². The van der Waals surface area contributed by atoms with Gasteiger partial charge in [0.1, 0.15) is 6.61 Å². The van der Waals surface area contributed by atoms with E-state index in [0.29, 0.717) is 12.8 Å². The molecular weight excluding hydrogens is 394 g/mol. The molecule has 162 valence electrons. The van der Waals surface area contributed by atoms with E-state index >= 15 is 0 Å². The highest BCUT2D eigenvalue weighted by atomic mass is 16.5. The van der Waals surface area contributed by atoms with Crippen LogP contribution in [-0.4, -0.2) is 60.5 Å². The highest BCUT2D eigenvalue weighted by Crippen LogP contribution is 2.35. The molecule has 0 unspecified atom stereocenters. The average molecular weight is 419 g/mol. The summed E-state index contributed by atoms with van der Waals surface area (Å²) in [4.78, 5) is 62.0. The third-order valence-corrected chi connectivity index (χ3v) is 5.38. The van der Waals surface area contributed by atoms with Crippen molar-refractivity contribution in [2.75, 3.05) is 19.8 Å². The Balaban J connectivity index is 1.57. The molecule has 0 spiro atoms. The van der Waals surface area contributed by atoms with Crippen LogP contribution >= 0.6 is 0 Å². The first kappa shape index (κ1) is 21.5. The Labute approximate surface area is 173 Å². The van der Waals surface area contributed by atoms with Gasteiger partial charge in [0.15, 0.2) is 0 Å². The molecule has 2 aliphatic heterocycles. The fourth-order valence-electron chi connectivity index (χ4n) is 3.91. The minimum atomic E-state index is -0.653. The van der Waals surface area contributed by atoms with E-state index in [1.54, 1.807) is 13.8 Å². The monoisotopic (exact) mass is 419 g/mol. The second-order valence-electron chi connectivity index (χ2n) is 7.33. The lowest BCUT2D eigenvalue weighted by molar-refractivity contribution is -0.146. The number of nitrogens with one attached hydrogen (secondary N) is 2. The summed E-state index contributed by atoms with van der Waals surface area (Å²) in [5.41, 5.74) is 0.314. The number of urea groups is 1. The van der Waals surface area contributed by atoms with Gasteiger partial charge in [-0.25, -0.2) is 9.59 Å². The standard InChI is InChI=1S/C20H25N3O7/c1-3-29-19(27)16-11(2)21-20(28)22-14(16)10-30-15(24)8-9-23-17(25)12-6-4-5-7-13(12)18(23)26/h4-5,11-13H,3,6-10H2,1-2H3,(H2,21,22,28)/t11-,12+,13+/m1/s1. The second-order valence-corrected chi connectivity index (χ2v) is 7.33. The number of hydrogen-bond donors (Lipinski definition) is 2. The Hall–Kier alpha value is -3.17. The minimum Gasteiger partial charge on any atom is -0.463 e. The average Bonchev–Trinajstić information content (AvgIpc) is 2.95. The molecular formula is C20H25N3O7. The molecule has 30 heavy (non-hydrogen) atoms. The number of fused-ring (bicyclic) bond motifs is 1. The van der Waals surface area contributed by atoms with E-state index in [4.69, 9.17) is 9.47 Å². The summed E-state index contributed by atoms with van der Waals surface area (Å²) >= 11 is 0. The molecule has 3 rings (SSSR count). The van der Waals surface area contributed by atoms with Gasteiger partial charge in [-0.05, 0) is 26.7 Å². The Bertz CT molecular complexity index is 806. The van der Waals surface area contributed by atoms with Gasteiger partial charge in [-0.1, -0.05) is 12.2 Å². The minimum absolute atomic E-state index is 0.0579. The quantitative estimate of drug-likeness (QED) is 0.347. The molecule has 10 nitrogen and oxygen atoms in total. The van der Waals surface area contributed by atoms with Crippen LogP contribution in [0.2, 0.25) is 0 Å². The van der Waals surface area contributed by atoms with Crippen LogP contribution in [0.4, 0.5) is 4.79 Å². The van der Waals surface area contributed by atoms with Crippen molar-refractivity contribution in [3.8, 4) is 0 Å². The number of hydrogen-bond acceptors (Lipinski definition) is 7. The zero-order valence-electron chi connectivity index (χ0n) is 16.9. The molecule has 1 aliphatic carbocycles. The second kappa shape index (κ2) is 9.10. The van der Waals surface area contributed by atoms with Crippen LogP contribution in [0.3, 0.4) is 0 Å². The molecule has 0 aromatic rings. The first-order valence-electron chi connectivity index (χ1n) is 9.97. The molecule has 0 aromatic heterocycles. The van der Waals surface area contributed by atoms with Gasteiger partial charge in [-0.15, -0.1) is 0 Å². The fourth-order valence-corrected chi connectivity index (χ4v) is 3.91. The Morgan fingerprint density at radius 1 is 1.10 bits per heavy atom. The van der Waals surface area contributed by atoms with Crippen molar-refractivity contribution < 1.29 is 33.4 Å². The summed E-state index contributed by atoms with van der Waals surface area (Å²) in [5.74, 6) is -2.47. The number of carbonyl (C=O) groups excluding carboxylic acids is 5. The van der Waals surface area contributed by atoms with Gasteiger partial charge in [0.05, 0.1) is 42.2 Å². The molecule has 0 saturated carbocycles. The SMILES string of the molecule is CCOC(=O)C1=C(COC(=O)CCN2C(=O)[C@H]3CC=CC[C@@H]3C2=O)NC(=O)N[C@@H]1C. The van der Waals surface area contributed by atoms with Gasteiger partial charge in [0.25, 0.3) is 0 Å². The molecule has 2 N–H and O–H groups in total. The largest absolute Gasteiger partial charge is 0.463 e. The summed E-state index contributed by atoms with van der Waals surface area (Å²) in [6.07, 6.45) is 4.69. The lowest BCUT2D eigenvalue weighted by atomic mass is 9.85. The molecule has 2 heterocycles. The Morgan fingerprint density at radius 2 is 1.73 bits per heavy atom. The van der Waals surface area contributed by atoms with Crippen molar-refractivity contribution in [2.24, 2.45) is 11.8 Å². The predicted octanol–water partition coefficient (Wildman–Crippen LogP) is 0.389. The molecule has 10 heteroatoms. The number of nitrogens with zero attached hydrogens (tertiary/aromatic N) is 1. The van der Waals surface area contributed by atoms with Crippen LogP contribution in [0.25, 0.3) is 0 Å². The van der Waals surface area contributed by atoms with Crippen LogP contribution < -0.4 is 10.6 Å². The summed E-state index contributed by atoms with van der Waals surface area (Å²) in [6, 6.07) is -1.13. The third-order valence-electron chi connectivity index (χ3n) is 5.38. The van der Waals surface area contributed by atoms with E-state index in [0.717, 1.165) is 4.90 Å². The molecule has 3 aliphatic rings. The van der Waals surface area contributed by atoms with Crippen LogP contribution in [0.1, 0.15) is 33.1 Å². The predicted molar refractivity (Wildman–Crippen MR) is 102 cm³/mol. The molecule has 1 saturated heterocycles. The first-order chi connectivity index (χ1) is 14.3. The smallest absolute Gasteiger partial charge is 0.338 e. The fraction of sp³-hybridized carbons (Fsp3) is 0.550. The number of rotatable bonds is 7. The van der Waals surface area contributed by atoms with Gasteiger partial charge in [-0.2, -0.15) is 0 Å². The number of allylic oxidation sites excluding steroid dienone is 2. The van der Waals surface area contributed by atoms with Gasteiger partial charge >= 0.3 is 18.0 Å². The molecule has 0 bridgehead atoms. The van der Waals surface area contributed by atoms with Gasteiger partial charge in [-0.3, -0.25) is 19.3 Å². The number of esters is 2. The van der Waals surface area contributed by atoms with E-state index in [1.807, 2.05) is 12.2 Å². The van der Waals surface area contributed by atoms with Crippen LogP contribution in [0, 0.1) is 11.8 Å². The maximum atomic E-state index is 12.4. The van der Waals surface area contributed by atoms with Gasteiger partial charge in [0, 0.05) is 6.54 Å². The van der Waals surface area contributed by atoms with E-state index in [1.165, 1.54) is 0 Å². The molecule has 0 aromatic carbocycles. The van der Waals surface area contributed by atoms with Gasteiger partial charge in [0.2, 0.25) is 11.8 Å². The van der Waals surface area contributed by atoms with E-state index in [9.17, 15) is 24.0 Å². The van der Waals surface area contributed by atoms with Crippen molar-refractivity contribution in [1.29, 1.82) is 0 Å². The van der Waals surface area contributed by atoms with E-state index < -0.39 is 24.0 Å². The van der Waals surface area contributed by atoms with Crippen LogP contribution in [-0.2, 0) is 28.7 Å². The Kier molecular flexibility index (Phi) is 6.53. The normalized spacial score (nSPS) is 25.6. The topological polar surface area (TPSA) is 131 Å². The number of ether oxygens (including phenoxy) is 2. The van der Waals surface area contributed by atoms with Crippen molar-refractivity contribution in [1.82, 2.24) is 15.5 Å². The molecule has 3 atom stereocenters. The van der Waals surface area contributed by atoms with Gasteiger partial charge < -0.3 is 20.1 Å². The summed E-state index contributed by atoms with van der Waals surface area (Å²) in [7, 11) is 0. The summed E-state index contributed by atoms with van der Waals surface area (Å²) in [6.45, 7) is 3.04.